The molecule has 0 radical (unpaired) electrons. The molecule has 0 bridgehead atoms. The van der Waals surface area contributed by atoms with E-state index >= 15 is 0 Å². The van der Waals surface area contributed by atoms with Gasteiger partial charge in [-0.15, -0.1) is 0 Å². The van der Waals surface area contributed by atoms with Crippen molar-refractivity contribution < 1.29 is 14.3 Å². The number of amides is 1. The lowest BCUT2D eigenvalue weighted by atomic mass is 10.3. The fourth-order valence-electron chi connectivity index (χ4n) is 1.75. The van der Waals surface area contributed by atoms with Gasteiger partial charge >= 0.3 is 0 Å². The third kappa shape index (κ3) is 5.97. The predicted octanol–water partition coefficient (Wildman–Crippen LogP) is -1.33. The highest BCUT2D eigenvalue weighted by molar-refractivity contribution is 5.78. The summed E-state index contributed by atoms with van der Waals surface area (Å²) in [7, 11) is 3.24. The molecule has 1 atom stereocenters. The van der Waals surface area contributed by atoms with E-state index in [0.717, 1.165) is 26.2 Å². The number of ether oxygens (including phenoxy) is 2. The highest BCUT2D eigenvalue weighted by atomic mass is 16.5. The number of carbonyl (C=O) groups is 1. The molecule has 0 aromatic heterocycles. The normalized spacial score (nSPS) is 18.9. The molecule has 0 aromatic carbocycles. The van der Waals surface area contributed by atoms with Crippen LogP contribution in [0.5, 0.6) is 0 Å². The van der Waals surface area contributed by atoms with Crippen LogP contribution < -0.4 is 10.6 Å². The molecule has 1 aliphatic rings. The van der Waals surface area contributed by atoms with Crippen LogP contribution in [-0.2, 0) is 14.3 Å². The highest BCUT2D eigenvalue weighted by Gasteiger charge is 2.14. The van der Waals surface area contributed by atoms with Crippen molar-refractivity contribution in [3.63, 3.8) is 0 Å². The molecule has 1 rings (SSSR count). The Morgan fingerprint density at radius 2 is 2.12 bits per heavy atom. The van der Waals surface area contributed by atoms with Gasteiger partial charge in [0.25, 0.3) is 0 Å². The van der Waals surface area contributed by atoms with E-state index in [1.165, 1.54) is 0 Å². The zero-order valence-corrected chi connectivity index (χ0v) is 10.7. The molecule has 1 heterocycles. The maximum Gasteiger partial charge on any atom is 0.234 e. The SMILES string of the molecule is COCC(CNC(=O)CN1CCNCC1)OC. The third-order valence-corrected chi connectivity index (χ3v) is 2.79. The number of methoxy groups -OCH3 is 2. The molecule has 1 unspecified atom stereocenters. The molecular formula is C11H23N3O3. The lowest BCUT2D eigenvalue weighted by molar-refractivity contribution is -0.123. The molecule has 6 heteroatoms. The molecule has 6 nitrogen and oxygen atoms in total. The Morgan fingerprint density at radius 3 is 2.71 bits per heavy atom. The number of carbonyl (C=O) groups excluding carboxylic acids is 1. The van der Waals surface area contributed by atoms with E-state index < -0.39 is 0 Å². The van der Waals surface area contributed by atoms with Gasteiger partial charge in [-0.05, 0) is 0 Å². The monoisotopic (exact) mass is 245 g/mol. The summed E-state index contributed by atoms with van der Waals surface area (Å²) in [5, 5.41) is 6.11. The average molecular weight is 245 g/mol. The first-order valence-corrected chi connectivity index (χ1v) is 5.97. The Morgan fingerprint density at radius 1 is 1.41 bits per heavy atom. The first-order chi connectivity index (χ1) is 8.26. The van der Waals surface area contributed by atoms with Crippen molar-refractivity contribution in [3.05, 3.63) is 0 Å². The summed E-state index contributed by atoms with van der Waals surface area (Å²) in [6.45, 7) is 5.22. The van der Waals surface area contributed by atoms with Crippen LogP contribution >= 0.6 is 0 Å². The minimum atomic E-state index is -0.0769. The average Bonchev–Trinajstić information content (AvgIpc) is 2.35. The number of nitrogens with zero attached hydrogens (tertiary/aromatic N) is 1. The second kappa shape index (κ2) is 8.41. The smallest absolute Gasteiger partial charge is 0.234 e. The highest BCUT2D eigenvalue weighted by Crippen LogP contribution is 1.92. The summed E-state index contributed by atoms with van der Waals surface area (Å²) in [6.07, 6.45) is -0.0769. The number of rotatable bonds is 7. The number of nitrogens with one attached hydrogen (secondary N) is 2. The lowest BCUT2D eigenvalue weighted by Gasteiger charge is -2.26. The Balaban J connectivity index is 2.14. The number of piperazine rings is 1. The molecule has 0 spiro atoms. The van der Waals surface area contributed by atoms with E-state index in [9.17, 15) is 4.79 Å². The summed E-state index contributed by atoms with van der Waals surface area (Å²) >= 11 is 0. The van der Waals surface area contributed by atoms with E-state index in [0.29, 0.717) is 19.7 Å². The van der Waals surface area contributed by atoms with Gasteiger partial charge in [0.05, 0.1) is 19.3 Å². The Bertz CT molecular complexity index is 220. The van der Waals surface area contributed by atoms with E-state index in [2.05, 4.69) is 15.5 Å². The van der Waals surface area contributed by atoms with Gasteiger partial charge in [-0.2, -0.15) is 0 Å². The van der Waals surface area contributed by atoms with E-state index in [-0.39, 0.29) is 12.0 Å². The molecule has 1 amide bonds. The molecule has 0 aliphatic carbocycles. The molecule has 1 aliphatic heterocycles. The molecule has 0 saturated carbocycles. The Hall–Kier alpha value is -0.690. The van der Waals surface area contributed by atoms with Crippen LogP contribution in [0.2, 0.25) is 0 Å². The van der Waals surface area contributed by atoms with Crippen molar-refractivity contribution >= 4 is 5.91 Å². The van der Waals surface area contributed by atoms with Crippen LogP contribution in [0.15, 0.2) is 0 Å². The van der Waals surface area contributed by atoms with Crippen molar-refractivity contribution in [1.82, 2.24) is 15.5 Å². The molecule has 0 aromatic rings. The summed E-state index contributed by atoms with van der Waals surface area (Å²) in [6, 6.07) is 0. The van der Waals surface area contributed by atoms with Crippen molar-refractivity contribution in [2.45, 2.75) is 6.10 Å². The molecular weight excluding hydrogens is 222 g/mol. The van der Waals surface area contributed by atoms with Crippen LogP contribution in [0.25, 0.3) is 0 Å². The Labute approximate surface area is 103 Å². The summed E-state index contributed by atoms with van der Waals surface area (Å²) in [5.41, 5.74) is 0. The predicted molar refractivity (Wildman–Crippen MR) is 65.0 cm³/mol. The number of hydrogen-bond donors (Lipinski definition) is 2. The molecule has 17 heavy (non-hydrogen) atoms. The maximum atomic E-state index is 11.7. The molecule has 2 N–H and O–H groups in total. The van der Waals surface area contributed by atoms with Gasteiger partial charge in [0.15, 0.2) is 0 Å². The number of hydrogen-bond acceptors (Lipinski definition) is 5. The van der Waals surface area contributed by atoms with Gasteiger partial charge in [-0.1, -0.05) is 0 Å². The van der Waals surface area contributed by atoms with Crippen LogP contribution in [0.1, 0.15) is 0 Å². The van der Waals surface area contributed by atoms with Crippen molar-refractivity contribution in [2.24, 2.45) is 0 Å². The van der Waals surface area contributed by atoms with E-state index in [1.54, 1.807) is 14.2 Å². The molecule has 1 fully saturated rings. The van der Waals surface area contributed by atoms with Gasteiger partial charge in [0.1, 0.15) is 0 Å². The minimum absolute atomic E-state index is 0.0463. The van der Waals surface area contributed by atoms with Crippen LogP contribution in [0.3, 0.4) is 0 Å². The van der Waals surface area contributed by atoms with Gasteiger partial charge < -0.3 is 20.1 Å². The largest absolute Gasteiger partial charge is 0.382 e. The molecule has 100 valence electrons. The summed E-state index contributed by atoms with van der Waals surface area (Å²) in [5.74, 6) is 0.0463. The van der Waals surface area contributed by atoms with Crippen LogP contribution in [0, 0.1) is 0 Å². The summed E-state index contributed by atoms with van der Waals surface area (Å²) in [4.78, 5) is 13.8. The topological polar surface area (TPSA) is 62.8 Å². The van der Waals surface area contributed by atoms with Crippen molar-refractivity contribution in [3.8, 4) is 0 Å². The first kappa shape index (κ1) is 14.4. The minimum Gasteiger partial charge on any atom is -0.382 e. The first-order valence-electron chi connectivity index (χ1n) is 5.97. The quantitative estimate of drug-likeness (QED) is 0.582. The summed E-state index contributed by atoms with van der Waals surface area (Å²) < 4.78 is 10.1. The second-order valence-electron chi connectivity index (χ2n) is 4.14. The maximum absolute atomic E-state index is 11.7. The third-order valence-electron chi connectivity index (χ3n) is 2.79. The zero-order valence-electron chi connectivity index (χ0n) is 10.7. The fourth-order valence-corrected chi connectivity index (χ4v) is 1.75. The van der Waals surface area contributed by atoms with Crippen molar-refractivity contribution in [2.75, 3.05) is 60.1 Å². The Kier molecular flexibility index (Phi) is 7.11. The fraction of sp³-hybridized carbons (Fsp3) is 0.909. The van der Waals surface area contributed by atoms with E-state index in [1.807, 2.05) is 0 Å². The van der Waals surface area contributed by atoms with Crippen LogP contribution in [0.4, 0.5) is 0 Å². The van der Waals surface area contributed by atoms with Gasteiger partial charge in [-0.25, -0.2) is 0 Å². The van der Waals surface area contributed by atoms with Crippen LogP contribution in [-0.4, -0.2) is 77.0 Å². The molecule has 1 saturated heterocycles. The van der Waals surface area contributed by atoms with Gasteiger partial charge in [-0.3, -0.25) is 9.69 Å². The van der Waals surface area contributed by atoms with E-state index in [4.69, 9.17) is 9.47 Å². The second-order valence-corrected chi connectivity index (χ2v) is 4.14. The lowest BCUT2D eigenvalue weighted by Crippen LogP contribution is -2.48. The standard InChI is InChI=1S/C11H23N3O3/c1-16-9-10(17-2)7-13-11(15)8-14-5-3-12-4-6-14/h10,12H,3-9H2,1-2H3,(H,13,15). The van der Waals surface area contributed by atoms with Gasteiger partial charge in [0, 0.05) is 46.9 Å². The zero-order chi connectivity index (χ0) is 12.5. The van der Waals surface area contributed by atoms with Crippen molar-refractivity contribution in [1.29, 1.82) is 0 Å². The van der Waals surface area contributed by atoms with Gasteiger partial charge in [0.2, 0.25) is 5.91 Å².